The zero-order valence-corrected chi connectivity index (χ0v) is 18.8. The van der Waals surface area contributed by atoms with Gasteiger partial charge in [0.1, 0.15) is 0 Å². The van der Waals surface area contributed by atoms with Gasteiger partial charge in [0.15, 0.2) is 0 Å². The van der Waals surface area contributed by atoms with Crippen molar-refractivity contribution in [2.75, 3.05) is 19.8 Å². The van der Waals surface area contributed by atoms with Gasteiger partial charge in [-0.1, -0.05) is 63.7 Å². The van der Waals surface area contributed by atoms with E-state index in [1.54, 1.807) is 31.5 Å². The maximum atomic E-state index is 13.1. The van der Waals surface area contributed by atoms with Crippen molar-refractivity contribution in [3.8, 4) is 11.1 Å². The Bertz CT molecular complexity index is 954. The van der Waals surface area contributed by atoms with Crippen LogP contribution in [0, 0.1) is 5.41 Å². The maximum Gasteiger partial charge on any atom is 0.415 e. The van der Waals surface area contributed by atoms with Crippen LogP contribution in [0.4, 0.5) is 13.2 Å². The molecule has 0 saturated heterocycles. The summed E-state index contributed by atoms with van der Waals surface area (Å²) >= 11 is 0. The van der Waals surface area contributed by atoms with Gasteiger partial charge in [-0.2, -0.15) is 13.2 Å². The molecule has 162 valence electrons. The summed E-state index contributed by atoms with van der Waals surface area (Å²) in [5, 5.41) is 0. The third-order valence-corrected chi connectivity index (χ3v) is 5.40. The van der Waals surface area contributed by atoms with E-state index in [0.29, 0.717) is 17.8 Å². The van der Waals surface area contributed by atoms with Crippen LogP contribution in [0.5, 0.6) is 0 Å². The normalized spacial score (nSPS) is 13.8. The molecule has 0 saturated carbocycles. The summed E-state index contributed by atoms with van der Waals surface area (Å²) in [6, 6.07) is 14.8. The molecule has 0 aliphatic heterocycles. The molecule has 0 bridgehead atoms. The Morgan fingerprint density at radius 2 is 1.67 bits per heavy atom. The Morgan fingerprint density at radius 3 is 2.17 bits per heavy atom. The molecule has 0 radical (unpaired) electrons. The molecule has 0 heterocycles. The summed E-state index contributed by atoms with van der Waals surface area (Å²) in [5.74, 6) is 0. The largest absolute Gasteiger partial charge is 0.415 e. The van der Waals surface area contributed by atoms with E-state index in [4.69, 9.17) is 0 Å². The minimum absolute atomic E-state index is 0.0937. The van der Waals surface area contributed by atoms with Crippen molar-refractivity contribution in [2.24, 2.45) is 5.41 Å². The van der Waals surface area contributed by atoms with Crippen LogP contribution in [0.3, 0.4) is 0 Å². The van der Waals surface area contributed by atoms with E-state index < -0.39 is 22.5 Å². The third kappa shape index (κ3) is 6.59. The molecule has 0 aromatic heterocycles. The van der Waals surface area contributed by atoms with Crippen molar-refractivity contribution in [3.05, 3.63) is 72.3 Å². The molecule has 6 heteroatoms. The van der Waals surface area contributed by atoms with Crippen LogP contribution >= 0.6 is 0 Å². The second kappa shape index (κ2) is 9.21. The molecule has 0 N–H and O–H groups in total. The molecule has 0 aliphatic rings. The van der Waals surface area contributed by atoms with Gasteiger partial charge < -0.3 is 4.90 Å². The summed E-state index contributed by atoms with van der Waals surface area (Å²) in [5.41, 5.74) is 1.96. The quantitative estimate of drug-likeness (QED) is 0.481. The zero-order chi connectivity index (χ0) is 22.7. The molecule has 0 fully saturated rings. The number of allylic oxidation sites excluding steroid dienone is 2. The highest BCUT2D eigenvalue weighted by atomic mass is 32.2. The number of hydrogen-bond acceptors (Lipinski definition) is 2. The SMILES string of the molecule is C=C(/C=C(/c1ccc(-c2cccc(S(C)=O)c2)cc1)N(C)CC(C)(C)C)C(F)(F)F. The first-order valence-corrected chi connectivity index (χ1v) is 11.1. The van der Waals surface area contributed by atoms with Gasteiger partial charge in [0.05, 0.1) is 5.57 Å². The highest BCUT2D eigenvalue weighted by Gasteiger charge is 2.31. The molecular weight excluding hydrogens is 407 g/mol. The molecule has 2 rings (SSSR count). The second-order valence-electron chi connectivity index (χ2n) is 8.53. The fourth-order valence-corrected chi connectivity index (χ4v) is 3.71. The number of halogens is 3. The second-order valence-corrected chi connectivity index (χ2v) is 9.91. The van der Waals surface area contributed by atoms with E-state index in [0.717, 1.165) is 22.1 Å². The van der Waals surface area contributed by atoms with Gasteiger partial charge in [-0.05, 0) is 40.3 Å². The van der Waals surface area contributed by atoms with Gasteiger partial charge in [0.25, 0.3) is 0 Å². The summed E-state index contributed by atoms with van der Waals surface area (Å²) in [4.78, 5) is 2.55. The van der Waals surface area contributed by atoms with Crippen LogP contribution in [0.1, 0.15) is 26.3 Å². The van der Waals surface area contributed by atoms with Gasteiger partial charge in [-0.25, -0.2) is 0 Å². The average Bonchev–Trinajstić information content (AvgIpc) is 2.64. The van der Waals surface area contributed by atoms with E-state index in [1.165, 1.54) is 0 Å². The van der Waals surface area contributed by atoms with E-state index in [1.807, 2.05) is 56.0 Å². The van der Waals surface area contributed by atoms with E-state index in [2.05, 4.69) is 6.58 Å². The lowest BCUT2D eigenvalue weighted by atomic mass is 9.95. The molecule has 1 atom stereocenters. The lowest BCUT2D eigenvalue weighted by Gasteiger charge is -2.31. The predicted molar refractivity (Wildman–Crippen MR) is 119 cm³/mol. The van der Waals surface area contributed by atoms with Crippen molar-refractivity contribution in [1.29, 1.82) is 0 Å². The first-order chi connectivity index (χ1) is 13.8. The smallest absolute Gasteiger partial charge is 0.374 e. The molecule has 2 aromatic carbocycles. The third-order valence-electron chi connectivity index (χ3n) is 4.48. The lowest BCUT2D eigenvalue weighted by molar-refractivity contribution is -0.0878. The molecule has 0 spiro atoms. The number of hydrogen-bond donors (Lipinski definition) is 0. The molecule has 1 unspecified atom stereocenters. The first-order valence-electron chi connectivity index (χ1n) is 9.51. The Hall–Kier alpha value is -2.34. The fourth-order valence-electron chi connectivity index (χ4n) is 3.15. The molecule has 0 aliphatic carbocycles. The first kappa shape index (κ1) is 23.9. The van der Waals surface area contributed by atoms with Crippen LogP contribution in [-0.4, -0.2) is 35.1 Å². The number of nitrogens with zero attached hydrogens (tertiary/aromatic N) is 1. The van der Waals surface area contributed by atoms with Crippen LogP contribution in [0.25, 0.3) is 16.8 Å². The highest BCUT2D eigenvalue weighted by molar-refractivity contribution is 7.84. The lowest BCUT2D eigenvalue weighted by Crippen LogP contribution is -2.28. The molecule has 2 nitrogen and oxygen atoms in total. The van der Waals surface area contributed by atoms with Crippen molar-refractivity contribution in [2.45, 2.75) is 31.8 Å². The summed E-state index contributed by atoms with van der Waals surface area (Å²) in [6.07, 6.45) is -1.76. The van der Waals surface area contributed by atoms with Crippen LogP contribution in [-0.2, 0) is 10.8 Å². The van der Waals surface area contributed by atoms with Crippen LogP contribution < -0.4 is 0 Å². The van der Waals surface area contributed by atoms with Gasteiger partial charge in [-0.3, -0.25) is 4.21 Å². The van der Waals surface area contributed by atoms with Crippen LogP contribution in [0.2, 0.25) is 0 Å². The minimum atomic E-state index is -4.48. The van der Waals surface area contributed by atoms with Crippen LogP contribution in [0.15, 0.2) is 71.7 Å². The van der Waals surface area contributed by atoms with E-state index in [-0.39, 0.29) is 5.41 Å². The Labute approximate surface area is 179 Å². The summed E-state index contributed by atoms with van der Waals surface area (Å²) < 4.78 is 51.1. The molecule has 2 aromatic rings. The van der Waals surface area contributed by atoms with Crippen molar-refractivity contribution in [3.63, 3.8) is 0 Å². The van der Waals surface area contributed by atoms with Crippen molar-refractivity contribution < 1.29 is 17.4 Å². The Balaban J connectivity index is 2.44. The van der Waals surface area contributed by atoms with Gasteiger partial charge in [-0.15, -0.1) is 0 Å². The molecule has 30 heavy (non-hydrogen) atoms. The van der Waals surface area contributed by atoms with Crippen molar-refractivity contribution >= 4 is 16.5 Å². The highest BCUT2D eigenvalue weighted by Crippen LogP contribution is 2.31. The number of benzene rings is 2. The van der Waals surface area contributed by atoms with Gasteiger partial charge in [0.2, 0.25) is 0 Å². The summed E-state index contributed by atoms with van der Waals surface area (Å²) in [7, 11) is 0.698. The van der Waals surface area contributed by atoms with Gasteiger partial charge in [0, 0.05) is 41.2 Å². The van der Waals surface area contributed by atoms with E-state index >= 15 is 0 Å². The Kier molecular flexibility index (Phi) is 7.35. The number of alkyl halides is 3. The molecule has 0 amide bonds. The molecular formula is C24H28F3NOS. The topological polar surface area (TPSA) is 20.3 Å². The average molecular weight is 436 g/mol. The Morgan fingerprint density at radius 1 is 1.07 bits per heavy atom. The number of rotatable bonds is 6. The maximum absolute atomic E-state index is 13.1. The standard InChI is InChI=1S/C24H28F3NOS/c1-17(24(25,26)27)14-22(28(5)16-23(2,3)4)19-12-10-18(11-13-19)20-8-7-9-21(15-20)30(6)29/h7-15H,1,16H2,2-6H3/b22-14-. The van der Waals surface area contributed by atoms with E-state index in [9.17, 15) is 17.4 Å². The van der Waals surface area contributed by atoms with Gasteiger partial charge >= 0.3 is 6.18 Å². The monoisotopic (exact) mass is 435 g/mol. The van der Waals surface area contributed by atoms with Crippen molar-refractivity contribution in [1.82, 2.24) is 4.90 Å². The fraction of sp³-hybridized carbons (Fsp3) is 0.333. The zero-order valence-electron chi connectivity index (χ0n) is 18.0. The predicted octanol–water partition coefficient (Wildman–Crippen LogP) is 6.53. The minimum Gasteiger partial charge on any atom is -0.374 e. The summed E-state index contributed by atoms with van der Waals surface area (Å²) in [6.45, 7) is 9.89.